The van der Waals surface area contributed by atoms with Crippen molar-refractivity contribution < 1.29 is 31.4 Å². The molecule has 1 aromatic rings. The van der Waals surface area contributed by atoms with Crippen molar-refractivity contribution >= 4 is 0 Å². The Hall–Kier alpha value is -1.28. The second kappa shape index (κ2) is 5.38. The van der Waals surface area contributed by atoms with Gasteiger partial charge in [-0.1, -0.05) is 6.07 Å². The monoisotopic (exact) mass is 287 g/mol. The second-order valence-corrected chi connectivity index (χ2v) is 3.92. The SMILES string of the molecule is N[C@H](CCO)c1ccc(C(F)(F)F)cc1C(F)(F)F. The Balaban J connectivity index is 3.33. The molecule has 8 heteroatoms. The highest BCUT2D eigenvalue weighted by Crippen LogP contribution is 2.39. The first-order valence-electron chi connectivity index (χ1n) is 5.22. The summed E-state index contributed by atoms with van der Waals surface area (Å²) in [5.41, 5.74) is 2.14. The molecule has 0 fully saturated rings. The highest BCUT2D eigenvalue weighted by Gasteiger charge is 2.38. The lowest BCUT2D eigenvalue weighted by Gasteiger charge is -2.19. The third-order valence-electron chi connectivity index (χ3n) is 2.53. The first-order valence-corrected chi connectivity index (χ1v) is 5.22. The predicted octanol–water partition coefficient (Wildman–Crippen LogP) is 3.11. The molecule has 0 bridgehead atoms. The molecule has 0 aliphatic heterocycles. The Morgan fingerprint density at radius 3 is 2.05 bits per heavy atom. The van der Waals surface area contributed by atoms with Gasteiger partial charge in [-0.3, -0.25) is 0 Å². The van der Waals surface area contributed by atoms with Crippen LogP contribution >= 0.6 is 0 Å². The normalized spacial score (nSPS) is 14.5. The van der Waals surface area contributed by atoms with Crippen molar-refractivity contribution in [3.8, 4) is 0 Å². The summed E-state index contributed by atoms with van der Waals surface area (Å²) in [6.07, 6.45) is -9.97. The van der Waals surface area contributed by atoms with Gasteiger partial charge in [-0.25, -0.2) is 0 Å². The maximum atomic E-state index is 12.7. The lowest BCUT2D eigenvalue weighted by molar-refractivity contribution is -0.143. The van der Waals surface area contributed by atoms with E-state index in [1.54, 1.807) is 0 Å². The van der Waals surface area contributed by atoms with Crippen molar-refractivity contribution in [1.82, 2.24) is 0 Å². The Kier molecular flexibility index (Phi) is 4.46. The molecule has 0 heterocycles. The lowest BCUT2D eigenvalue weighted by Crippen LogP contribution is -2.20. The van der Waals surface area contributed by atoms with E-state index in [1.165, 1.54) is 0 Å². The standard InChI is InChI=1S/C11H11F6NO/c12-10(13,14)6-1-2-7(9(18)3-4-19)8(5-6)11(15,16)17/h1-2,5,9,19H,3-4,18H2/t9-/m1/s1. The quantitative estimate of drug-likeness (QED) is 0.839. The van der Waals surface area contributed by atoms with Gasteiger partial charge in [0.25, 0.3) is 0 Å². The highest BCUT2D eigenvalue weighted by molar-refractivity contribution is 5.37. The molecule has 108 valence electrons. The van der Waals surface area contributed by atoms with E-state index >= 15 is 0 Å². The third kappa shape index (κ3) is 3.84. The van der Waals surface area contributed by atoms with Crippen LogP contribution in [-0.2, 0) is 12.4 Å². The van der Waals surface area contributed by atoms with E-state index < -0.39 is 41.7 Å². The lowest BCUT2D eigenvalue weighted by atomic mass is 9.96. The van der Waals surface area contributed by atoms with E-state index in [-0.39, 0.29) is 12.5 Å². The maximum Gasteiger partial charge on any atom is 0.416 e. The molecule has 0 saturated heterocycles. The number of halogens is 6. The molecule has 0 spiro atoms. The van der Waals surface area contributed by atoms with Crippen LogP contribution in [0.1, 0.15) is 29.2 Å². The number of aliphatic hydroxyl groups is 1. The number of alkyl halides is 6. The Labute approximate surface area is 104 Å². The van der Waals surface area contributed by atoms with Gasteiger partial charge in [0.05, 0.1) is 11.1 Å². The van der Waals surface area contributed by atoms with Gasteiger partial charge in [-0.2, -0.15) is 26.3 Å². The molecule has 0 aromatic heterocycles. The molecule has 0 radical (unpaired) electrons. The van der Waals surface area contributed by atoms with Crippen LogP contribution in [-0.4, -0.2) is 11.7 Å². The smallest absolute Gasteiger partial charge is 0.396 e. The Morgan fingerprint density at radius 1 is 1.05 bits per heavy atom. The van der Waals surface area contributed by atoms with Crippen LogP contribution in [0.25, 0.3) is 0 Å². The number of aliphatic hydroxyl groups excluding tert-OH is 1. The van der Waals surface area contributed by atoms with E-state index in [9.17, 15) is 26.3 Å². The Bertz CT molecular complexity index is 440. The van der Waals surface area contributed by atoms with Gasteiger partial charge in [0.2, 0.25) is 0 Å². The Morgan fingerprint density at radius 2 is 1.63 bits per heavy atom. The van der Waals surface area contributed by atoms with E-state index in [2.05, 4.69) is 0 Å². The van der Waals surface area contributed by atoms with Crippen LogP contribution in [0.5, 0.6) is 0 Å². The predicted molar refractivity (Wildman–Crippen MR) is 55.1 cm³/mol. The fourth-order valence-electron chi connectivity index (χ4n) is 1.60. The molecule has 1 aromatic carbocycles. The number of benzene rings is 1. The number of nitrogens with two attached hydrogens (primary N) is 1. The van der Waals surface area contributed by atoms with E-state index in [1.807, 2.05) is 0 Å². The largest absolute Gasteiger partial charge is 0.416 e. The minimum Gasteiger partial charge on any atom is -0.396 e. The van der Waals surface area contributed by atoms with Crippen LogP contribution in [0.4, 0.5) is 26.3 Å². The van der Waals surface area contributed by atoms with Crippen molar-refractivity contribution in [2.75, 3.05) is 6.61 Å². The summed E-state index contributed by atoms with van der Waals surface area (Å²) in [5.74, 6) is 0. The van der Waals surface area contributed by atoms with Crippen LogP contribution in [0.2, 0.25) is 0 Å². The van der Waals surface area contributed by atoms with Gasteiger partial charge in [0.15, 0.2) is 0 Å². The molecular formula is C11H11F6NO. The highest BCUT2D eigenvalue weighted by atomic mass is 19.4. The van der Waals surface area contributed by atoms with Gasteiger partial charge < -0.3 is 10.8 Å². The van der Waals surface area contributed by atoms with Gasteiger partial charge in [0.1, 0.15) is 0 Å². The van der Waals surface area contributed by atoms with Gasteiger partial charge in [-0.15, -0.1) is 0 Å². The summed E-state index contributed by atoms with van der Waals surface area (Å²) in [5, 5.41) is 8.63. The summed E-state index contributed by atoms with van der Waals surface area (Å²) in [7, 11) is 0. The third-order valence-corrected chi connectivity index (χ3v) is 2.53. The first kappa shape index (κ1) is 15.8. The summed E-state index contributed by atoms with van der Waals surface area (Å²) in [6.45, 7) is -0.459. The van der Waals surface area contributed by atoms with Crippen LogP contribution in [0, 0.1) is 0 Å². The zero-order valence-corrected chi connectivity index (χ0v) is 9.52. The molecule has 0 aliphatic rings. The molecule has 2 nitrogen and oxygen atoms in total. The molecular weight excluding hydrogens is 276 g/mol. The molecule has 1 atom stereocenters. The summed E-state index contributed by atoms with van der Waals surface area (Å²) in [6, 6.07) is 0.101. The summed E-state index contributed by atoms with van der Waals surface area (Å²) in [4.78, 5) is 0. The van der Waals surface area contributed by atoms with Crippen LogP contribution in [0.15, 0.2) is 18.2 Å². The molecule has 0 unspecified atom stereocenters. The zero-order chi connectivity index (χ0) is 14.8. The second-order valence-electron chi connectivity index (χ2n) is 3.92. The molecule has 0 amide bonds. The fraction of sp³-hybridized carbons (Fsp3) is 0.455. The van der Waals surface area contributed by atoms with Crippen molar-refractivity contribution in [3.63, 3.8) is 0 Å². The van der Waals surface area contributed by atoms with Gasteiger partial charge in [-0.05, 0) is 24.1 Å². The molecule has 0 saturated carbocycles. The maximum absolute atomic E-state index is 12.7. The van der Waals surface area contributed by atoms with Crippen LogP contribution in [0.3, 0.4) is 0 Å². The molecule has 19 heavy (non-hydrogen) atoms. The molecule has 1 rings (SSSR count). The first-order chi connectivity index (χ1) is 8.57. The van der Waals surface area contributed by atoms with E-state index in [0.717, 1.165) is 0 Å². The molecule has 0 aliphatic carbocycles. The minimum absolute atomic E-state index is 0.0343. The van der Waals surface area contributed by atoms with Crippen LogP contribution < -0.4 is 5.73 Å². The average molecular weight is 287 g/mol. The summed E-state index contributed by atoms with van der Waals surface area (Å²) >= 11 is 0. The van der Waals surface area contributed by atoms with Crippen molar-refractivity contribution in [2.45, 2.75) is 24.8 Å². The van der Waals surface area contributed by atoms with Crippen molar-refractivity contribution in [2.24, 2.45) is 5.73 Å². The van der Waals surface area contributed by atoms with E-state index in [0.29, 0.717) is 12.1 Å². The van der Waals surface area contributed by atoms with Crippen molar-refractivity contribution in [3.05, 3.63) is 34.9 Å². The van der Waals surface area contributed by atoms with E-state index in [4.69, 9.17) is 10.8 Å². The average Bonchev–Trinajstić information content (AvgIpc) is 2.26. The van der Waals surface area contributed by atoms with Crippen molar-refractivity contribution in [1.29, 1.82) is 0 Å². The number of hydrogen-bond acceptors (Lipinski definition) is 2. The number of rotatable bonds is 3. The molecule has 3 N–H and O–H groups in total. The summed E-state index contributed by atoms with van der Waals surface area (Å²) < 4.78 is 75.4. The van der Waals surface area contributed by atoms with Gasteiger partial charge >= 0.3 is 12.4 Å². The van der Waals surface area contributed by atoms with Gasteiger partial charge in [0, 0.05) is 12.6 Å². The number of hydrogen-bond donors (Lipinski definition) is 2. The zero-order valence-electron chi connectivity index (χ0n) is 9.52. The minimum atomic E-state index is -4.94. The topological polar surface area (TPSA) is 46.2 Å². The fourth-order valence-corrected chi connectivity index (χ4v) is 1.60.